The first-order valence-corrected chi connectivity index (χ1v) is 11.5. The molecule has 0 spiro atoms. The zero-order chi connectivity index (χ0) is 23.0. The zero-order valence-corrected chi connectivity index (χ0v) is 18.8. The third kappa shape index (κ3) is 5.86. The predicted molar refractivity (Wildman–Crippen MR) is 124 cm³/mol. The summed E-state index contributed by atoms with van der Waals surface area (Å²) in [6.07, 6.45) is 10.7. The van der Waals surface area contributed by atoms with Gasteiger partial charge in [0.15, 0.2) is 17.3 Å². The van der Waals surface area contributed by atoms with Crippen molar-refractivity contribution in [3.63, 3.8) is 0 Å². The van der Waals surface area contributed by atoms with Crippen molar-refractivity contribution in [3.05, 3.63) is 66.3 Å². The van der Waals surface area contributed by atoms with Gasteiger partial charge >= 0.3 is 0 Å². The Morgan fingerprint density at radius 1 is 1.12 bits per heavy atom. The maximum Gasteiger partial charge on any atom is 0.223 e. The second-order valence-corrected chi connectivity index (χ2v) is 8.44. The van der Waals surface area contributed by atoms with Gasteiger partial charge in [-0.25, -0.2) is 4.98 Å². The summed E-state index contributed by atoms with van der Waals surface area (Å²) in [6.45, 7) is 0.405. The van der Waals surface area contributed by atoms with E-state index in [1.54, 1.807) is 43.8 Å². The molecule has 7 nitrogen and oxygen atoms in total. The van der Waals surface area contributed by atoms with E-state index in [0.29, 0.717) is 23.8 Å². The van der Waals surface area contributed by atoms with E-state index in [4.69, 9.17) is 9.15 Å². The van der Waals surface area contributed by atoms with Crippen LogP contribution in [0.5, 0.6) is 5.75 Å². The standard InChI is InChI=1S/C26H29N3O4/c1-27-26(31)21(19-7-3-2-4-8-19)14-23(30)25-12-11-24(33-25)22-10-9-20(16-29-22)32-17-18-6-5-13-28-15-18/h5-6,9-13,15-16,19,21H,2-4,7-8,14,17H2,1H3,(H,27,31)/t21-/m0/s1. The highest BCUT2D eigenvalue weighted by molar-refractivity contribution is 5.97. The minimum Gasteiger partial charge on any atom is -0.487 e. The second-order valence-electron chi connectivity index (χ2n) is 8.44. The zero-order valence-electron chi connectivity index (χ0n) is 18.8. The van der Waals surface area contributed by atoms with Crippen LogP contribution in [0.3, 0.4) is 0 Å². The van der Waals surface area contributed by atoms with Crippen LogP contribution in [-0.2, 0) is 11.4 Å². The normalized spacial score (nSPS) is 15.1. The van der Waals surface area contributed by atoms with Gasteiger partial charge in [-0.05, 0) is 49.1 Å². The number of amides is 1. The SMILES string of the molecule is CNC(=O)[C@@H](CC(=O)c1ccc(-c2ccc(OCc3cccnc3)cn2)o1)C1CCCCC1. The molecular formula is C26H29N3O4. The second kappa shape index (κ2) is 10.9. The smallest absolute Gasteiger partial charge is 0.223 e. The molecule has 1 amide bonds. The third-order valence-corrected chi connectivity index (χ3v) is 6.21. The van der Waals surface area contributed by atoms with E-state index in [1.165, 1.54) is 6.42 Å². The Balaban J connectivity index is 1.39. The molecule has 3 heterocycles. The number of ketones is 1. The summed E-state index contributed by atoms with van der Waals surface area (Å²) >= 11 is 0. The number of Topliss-reactive ketones (excluding diaryl/α,β-unsaturated/α-hetero) is 1. The number of aromatic nitrogens is 2. The van der Waals surface area contributed by atoms with Crippen molar-refractivity contribution in [2.24, 2.45) is 11.8 Å². The molecule has 1 saturated carbocycles. The third-order valence-electron chi connectivity index (χ3n) is 6.21. The lowest BCUT2D eigenvalue weighted by Crippen LogP contribution is -2.35. The van der Waals surface area contributed by atoms with Crippen LogP contribution < -0.4 is 10.1 Å². The molecule has 1 fully saturated rings. The highest BCUT2D eigenvalue weighted by Gasteiger charge is 2.32. The summed E-state index contributed by atoms with van der Waals surface area (Å²) in [7, 11) is 1.63. The molecule has 1 aliphatic carbocycles. The van der Waals surface area contributed by atoms with Crippen molar-refractivity contribution in [2.75, 3.05) is 7.05 Å². The number of furan rings is 1. The first kappa shape index (κ1) is 22.7. The molecule has 1 aliphatic rings. The van der Waals surface area contributed by atoms with E-state index in [2.05, 4.69) is 15.3 Å². The monoisotopic (exact) mass is 447 g/mol. The molecule has 0 radical (unpaired) electrons. The molecule has 0 saturated heterocycles. The first-order valence-electron chi connectivity index (χ1n) is 11.5. The van der Waals surface area contributed by atoms with Crippen LogP contribution in [0.25, 0.3) is 11.5 Å². The maximum absolute atomic E-state index is 12.9. The molecule has 0 aromatic carbocycles. The minimum absolute atomic E-state index is 0.0643. The molecular weight excluding hydrogens is 418 g/mol. The molecule has 3 aromatic heterocycles. The average molecular weight is 448 g/mol. The van der Waals surface area contributed by atoms with Crippen molar-refractivity contribution in [1.29, 1.82) is 0 Å². The van der Waals surface area contributed by atoms with Crippen LogP contribution in [0.4, 0.5) is 0 Å². The van der Waals surface area contributed by atoms with E-state index < -0.39 is 0 Å². The van der Waals surface area contributed by atoms with Crippen molar-refractivity contribution >= 4 is 11.7 Å². The van der Waals surface area contributed by atoms with Crippen LogP contribution in [-0.4, -0.2) is 28.7 Å². The number of rotatable bonds is 9. The Bertz CT molecular complexity index is 1060. The number of hydrogen-bond acceptors (Lipinski definition) is 6. The van der Waals surface area contributed by atoms with Gasteiger partial charge < -0.3 is 14.5 Å². The molecule has 1 atom stereocenters. The highest BCUT2D eigenvalue weighted by atomic mass is 16.5. The maximum atomic E-state index is 12.9. The summed E-state index contributed by atoms with van der Waals surface area (Å²) in [4.78, 5) is 33.8. The summed E-state index contributed by atoms with van der Waals surface area (Å²) in [6, 6.07) is 10.8. The van der Waals surface area contributed by atoms with Gasteiger partial charge in [0.05, 0.1) is 6.20 Å². The Kier molecular flexibility index (Phi) is 7.50. The highest BCUT2D eigenvalue weighted by Crippen LogP contribution is 2.33. The van der Waals surface area contributed by atoms with Gasteiger partial charge in [0.2, 0.25) is 5.91 Å². The van der Waals surface area contributed by atoms with E-state index in [9.17, 15) is 9.59 Å². The lowest BCUT2D eigenvalue weighted by molar-refractivity contribution is -0.126. The molecule has 33 heavy (non-hydrogen) atoms. The number of carbonyl (C=O) groups excluding carboxylic acids is 2. The Labute approximate surface area is 193 Å². The molecule has 1 N–H and O–H groups in total. The van der Waals surface area contributed by atoms with Crippen molar-refractivity contribution < 1.29 is 18.7 Å². The fraction of sp³-hybridized carbons (Fsp3) is 0.385. The number of carbonyl (C=O) groups is 2. The fourth-order valence-corrected chi connectivity index (χ4v) is 4.38. The summed E-state index contributed by atoms with van der Waals surface area (Å²) in [5.41, 5.74) is 1.58. The molecule has 172 valence electrons. The molecule has 3 aromatic rings. The summed E-state index contributed by atoms with van der Waals surface area (Å²) in [5.74, 6) is 1.11. The van der Waals surface area contributed by atoms with Crippen LogP contribution in [0.2, 0.25) is 0 Å². The van der Waals surface area contributed by atoms with E-state index in [1.807, 2.05) is 18.2 Å². The summed E-state index contributed by atoms with van der Waals surface area (Å²) in [5, 5.41) is 2.73. The molecule has 0 unspecified atom stereocenters. The van der Waals surface area contributed by atoms with Crippen LogP contribution in [0, 0.1) is 11.8 Å². The molecule has 0 bridgehead atoms. The van der Waals surface area contributed by atoms with Gasteiger partial charge in [0, 0.05) is 37.3 Å². The van der Waals surface area contributed by atoms with Crippen molar-refractivity contribution in [1.82, 2.24) is 15.3 Å². The van der Waals surface area contributed by atoms with E-state index in [-0.39, 0.29) is 35.7 Å². The fourth-order valence-electron chi connectivity index (χ4n) is 4.38. The lowest BCUT2D eigenvalue weighted by Gasteiger charge is -2.28. The largest absolute Gasteiger partial charge is 0.487 e. The van der Waals surface area contributed by atoms with Gasteiger partial charge in [-0.2, -0.15) is 0 Å². The van der Waals surface area contributed by atoms with Gasteiger partial charge in [-0.1, -0.05) is 25.3 Å². The average Bonchev–Trinajstić information content (AvgIpc) is 3.37. The van der Waals surface area contributed by atoms with Crippen molar-refractivity contribution in [3.8, 4) is 17.2 Å². The Morgan fingerprint density at radius 2 is 1.97 bits per heavy atom. The predicted octanol–water partition coefficient (Wildman–Crippen LogP) is 4.83. The number of nitrogens with one attached hydrogen (secondary N) is 1. The lowest BCUT2D eigenvalue weighted by atomic mass is 9.77. The Hall–Kier alpha value is -3.48. The van der Waals surface area contributed by atoms with Gasteiger partial charge in [-0.15, -0.1) is 0 Å². The first-order chi connectivity index (χ1) is 16.1. The Morgan fingerprint density at radius 3 is 2.67 bits per heavy atom. The number of hydrogen-bond donors (Lipinski definition) is 1. The number of ether oxygens (including phenoxy) is 1. The van der Waals surface area contributed by atoms with Gasteiger partial charge in [0.1, 0.15) is 18.1 Å². The van der Waals surface area contributed by atoms with Gasteiger partial charge in [-0.3, -0.25) is 14.6 Å². The van der Waals surface area contributed by atoms with Crippen LogP contribution >= 0.6 is 0 Å². The number of nitrogens with zero attached hydrogens (tertiary/aromatic N) is 2. The van der Waals surface area contributed by atoms with Gasteiger partial charge in [0.25, 0.3) is 0 Å². The van der Waals surface area contributed by atoms with Crippen molar-refractivity contribution in [2.45, 2.75) is 45.1 Å². The molecule has 7 heteroatoms. The topological polar surface area (TPSA) is 94.3 Å². The summed E-state index contributed by atoms with van der Waals surface area (Å²) < 4.78 is 11.5. The molecule has 4 rings (SSSR count). The number of pyridine rings is 2. The minimum atomic E-state index is -0.314. The van der Waals surface area contributed by atoms with Crippen LogP contribution in [0.1, 0.15) is 54.6 Å². The molecule has 0 aliphatic heterocycles. The van der Waals surface area contributed by atoms with E-state index >= 15 is 0 Å². The van der Waals surface area contributed by atoms with E-state index in [0.717, 1.165) is 31.2 Å². The van der Waals surface area contributed by atoms with Crippen LogP contribution in [0.15, 0.2) is 59.4 Å². The quantitative estimate of drug-likeness (QED) is 0.472.